The molecule has 294 valence electrons. The van der Waals surface area contributed by atoms with Gasteiger partial charge in [-0.1, -0.05) is 157 Å². The predicted molar refractivity (Wildman–Crippen MR) is 215 cm³/mol. The highest BCUT2D eigenvalue weighted by Gasteiger charge is 2.71. The Morgan fingerprint density at radius 2 is 1.27 bits per heavy atom. The lowest BCUT2D eigenvalue weighted by atomic mass is 9.31. The Labute approximate surface area is 316 Å². The first-order valence-electron chi connectivity index (χ1n) is 22.7. The van der Waals surface area contributed by atoms with E-state index in [0.717, 1.165) is 44.9 Å². The molecule has 0 aromatic rings. The zero-order valence-electron chi connectivity index (χ0n) is 35.2. The summed E-state index contributed by atoms with van der Waals surface area (Å²) in [7, 11) is 0. The normalized spacial score (nSPS) is 41.6. The summed E-state index contributed by atoms with van der Waals surface area (Å²) in [5, 5.41) is 12.0. The van der Waals surface area contributed by atoms with Gasteiger partial charge in [0.05, 0.1) is 6.10 Å². The molecular weight excluding hydrogens is 625 g/mol. The van der Waals surface area contributed by atoms with Crippen LogP contribution in [-0.2, 0) is 9.53 Å². The number of aliphatic hydroxyl groups excluding tert-OH is 1. The van der Waals surface area contributed by atoms with Gasteiger partial charge < -0.3 is 9.84 Å². The van der Waals surface area contributed by atoms with Gasteiger partial charge in [0.15, 0.2) is 0 Å². The molecule has 5 aliphatic rings. The number of hydrogen-bond donors (Lipinski definition) is 1. The number of fused-ring (bicyclic) bond motifs is 7. The van der Waals surface area contributed by atoms with Crippen molar-refractivity contribution < 1.29 is 14.6 Å². The molecule has 0 bridgehead atoms. The van der Waals surface area contributed by atoms with E-state index in [-0.39, 0.29) is 45.3 Å². The molecule has 51 heavy (non-hydrogen) atoms. The van der Waals surface area contributed by atoms with Crippen LogP contribution in [0.2, 0.25) is 0 Å². The standard InChI is InChI=1S/C48H84O3/c1-10-11-12-13-14-15-16-17-18-19-20-21-22-23-24-25-42(50)51-41-30-32-45(6)38(44(41,4)5)29-33-47(8)39(45)27-26-37-43-36(3)35(2)28-31-46(43,7)40(49)34-48(37,47)9/h36-41,43,49H,2,10-34H2,1,3-9H3. The smallest absolute Gasteiger partial charge is 0.306 e. The van der Waals surface area contributed by atoms with Crippen molar-refractivity contribution in [2.24, 2.45) is 56.7 Å². The Kier molecular flexibility index (Phi) is 13.7. The second-order valence-electron chi connectivity index (χ2n) is 20.9. The van der Waals surface area contributed by atoms with Crippen LogP contribution in [-0.4, -0.2) is 23.3 Å². The van der Waals surface area contributed by atoms with Gasteiger partial charge >= 0.3 is 5.97 Å². The maximum Gasteiger partial charge on any atom is 0.306 e. The second-order valence-corrected chi connectivity index (χ2v) is 20.9. The number of aliphatic hydroxyl groups is 1. The first kappa shape index (κ1) is 41.3. The molecule has 0 radical (unpaired) electrons. The monoisotopic (exact) mass is 709 g/mol. The lowest BCUT2D eigenvalue weighted by Crippen LogP contribution is -2.69. The molecule has 5 fully saturated rings. The quantitative estimate of drug-likeness (QED) is 0.0929. The van der Waals surface area contributed by atoms with E-state index in [1.54, 1.807) is 0 Å². The van der Waals surface area contributed by atoms with E-state index >= 15 is 0 Å². The average molecular weight is 709 g/mol. The summed E-state index contributed by atoms with van der Waals surface area (Å²) in [5.74, 6) is 2.94. The number of carbonyl (C=O) groups is 1. The summed E-state index contributed by atoms with van der Waals surface area (Å²) in [6.45, 7) is 24.4. The number of carbonyl (C=O) groups excluding carboxylic acids is 1. The van der Waals surface area contributed by atoms with Crippen LogP contribution in [0.15, 0.2) is 12.2 Å². The number of unbranched alkanes of at least 4 members (excludes halogenated alkanes) is 14. The van der Waals surface area contributed by atoms with Crippen molar-refractivity contribution in [2.45, 2.75) is 228 Å². The molecule has 5 saturated carbocycles. The lowest BCUT2D eigenvalue weighted by molar-refractivity contribution is -0.270. The van der Waals surface area contributed by atoms with E-state index in [1.165, 1.54) is 115 Å². The number of ether oxygens (including phenoxy) is 1. The van der Waals surface area contributed by atoms with Crippen molar-refractivity contribution in [2.75, 3.05) is 0 Å². The van der Waals surface area contributed by atoms with Gasteiger partial charge in [-0.15, -0.1) is 0 Å². The van der Waals surface area contributed by atoms with E-state index in [0.29, 0.717) is 36.0 Å². The van der Waals surface area contributed by atoms with Gasteiger partial charge in [0, 0.05) is 11.8 Å². The van der Waals surface area contributed by atoms with E-state index in [1.807, 2.05) is 0 Å². The summed E-state index contributed by atoms with van der Waals surface area (Å²) in [6.07, 6.45) is 30.9. The number of esters is 1. The Bertz CT molecular complexity index is 1160. The molecule has 5 aliphatic carbocycles. The van der Waals surface area contributed by atoms with Crippen LogP contribution in [0.1, 0.15) is 216 Å². The van der Waals surface area contributed by atoms with E-state index in [9.17, 15) is 9.90 Å². The molecule has 3 nitrogen and oxygen atoms in total. The third-order valence-corrected chi connectivity index (χ3v) is 17.9. The average Bonchev–Trinajstić information content (AvgIpc) is 3.07. The van der Waals surface area contributed by atoms with Gasteiger partial charge in [-0.3, -0.25) is 4.79 Å². The zero-order valence-corrected chi connectivity index (χ0v) is 35.2. The lowest BCUT2D eigenvalue weighted by Gasteiger charge is -2.74. The molecule has 0 spiro atoms. The third-order valence-electron chi connectivity index (χ3n) is 17.9. The SMILES string of the molecule is C=C1CCC2(C)C(O)CC3(C)C(CCC4C5(C)CCC(OC(=O)CCCCCCCCCCCCCCCCC)C(C)(C)C5CCC43C)C2C1C. The topological polar surface area (TPSA) is 46.5 Å². The van der Waals surface area contributed by atoms with Crippen LogP contribution in [0.5, 0.6) is 0 Å². The predicted octanol–water partition coefficient (Wildman–Crippen LogP) is 13.8. The summed E-state index contributed by atoms with van der Waals surface area (Å²) in [5.41, 5.74) is 2.03. The molecule has 1 N–H and O–H groups in total. The molecule has 0 aromatic heterocycles. The minimum absolute atomic E-state index is 0.0168. The van der Waals surface area contributed by atoms with Crippen molar-refractivity contribution in [1.82, 2.24) is 0 Å². The molecule has 5 rings (SSSR count). The fourth-order valence-corrected chi connectivity index (χ4v) is 14.5. The zero-order chi connectivity index (χ0) is 37.1. The Morgan fingerprint density at radius 3 is 1.86 bits per heavy atom. The first-order valence-corrected chi connectivity index (χ1v) is 22.7. The molecule has 0 heterocycles. The highest BCUT2D eigenvalue weighted by Crippen LogP contribution is 2.77. The molecule has 11 unspecified atom stereocenters. The Balaban J connectivity index is 1.08. The van der Waals surface area contributed by atoms with Crippen molar-refractivity contribution in [3.05, 3.63) is 12.2 Å². The molecule has 3 heteroatoms. The molecule has 11 atom stereocenters. The van der Waals surface area contributed by atoms with Crippen molar-refractivity contribution >= 4 is 5.97 Å². The molecule has 0 aromatic carbocycles. The maximum atomic E-state index is 13.2. The van der Waals surface area contributed by atoms with E-state index in [4.69, 9.17) is 4.74 Å². The molecular formula is C48H84O3. The van der Waals surface area contributed by atoms with Gasteiger partial charge in [0.25, 0.3) is 0 Å². The highest BCUT2D eigenvalue weighted by atomic mass is 16.5. The van der Waals surface area contributed by atoms with Gasteiger partial charge in [-0.25, -0.2) is 0 Å². The highest BCUT2D eigenvalue weighted by molar-refractivity contribution is 5.69. The van der Waals surface area contributed by atoms with E-state index < -0.39 is 0 Å². The minimum atomic E-state index is -0.225. The van der Waals surface area contributed by atoms with Crippen LogP contribution in [0.25, 0.3) is 0 Å². The van der Waals surface area contributed by atoms with Crippen molar-refractivity contribution in [1.29, 1.82) is 0 Å². The van der Waals surface area contributed by atoms with Crippen LogP contribution < -0.4 is 0 Å². The van der Waals surface area contributed by atoms with Gasteiger partial charge in [-0.05, 0) is 115 Å². The van der Waals surface area contributed by atoms with Gasteiger partial charge in [0.2, 0.25) is 0 Å². The van der Waals surface area contributed by atoms with Gasteiger partial charge in [0.1, 0.15) is 6.10 Å². The minimum Gasteiger partial charge on any atom is -0.462 e. The van der Waals surface area contributed by atoms with Crippen molar-refractivity contribution in [3.63, 3.8) is 0 Å². The van der Waals surface area contributed by atoms with Crippen LogP contribution in [0.4, 0.5) is 0 Å². The van der Waals surface area contributed by atoms with Crippen LogP contribution >= 0.6 is 0 Å². The molecule has 0 saturated heterocycles. The summed E-state index contributed by atoms with van der Waals surface area (Å²) in [4.78, 5) is 13.2. The maximum absolute atomic E-state index is 13.2. The van der Waals surface area contributed by atoms with E-state index in [2.05, 4.69) is 62.0 Å². The van der Waals surface area contributed by atoms with Crippen molar-refractivity contribution in [3.8, 4) is 0 Å². The molecule has 0 aliphatic heterocycles. The first-order chi connectivity index (χ1) is 24.2. The number of rotatable bonds is 17. The van der Waals surface area contributed by atoms with Crippen LogP contribution in [0, 0.1) is 56.7 Å². The fourth-order valence-electron chi connectivity index (χ4n) is 14.5. The summed E-state index contributed by atoms with van der Waals surface area (Å²) < 4.78 is 6.41. The fraction of sp³-hybridized carbons (Fsp3) is 0.938. The second kappa shape index (κ2) is 16.9. The van der Waals surface area contributed by atoms with Crippen LogP contribution in [0.3, 0.4) is 0 Å². The largest absolute Gasteiger partial charge is 0.462 e. The summed E-state index contributed by atoms with van der Waals surface area (Å²) >= 11 is 0. The van der Waals surface area contributed by atoms with Gasteiger partial charge in [-0.2, -0.15) is 0 Å². The Morgan fingerprint density at radius 1 is 0.706 bits per heavy atom. The third kappa shape index (κ3) is 7.97. The number of hydrogen-bond acceptors (Lipinski definition) is 3. The Hall–Kier alpha value is -0.830. The number of allylic oxidation sites excluding steroid dienone is 1. The molecule has 0 amide bonds. The summed E-state index contributed by atoms with van der Waals surface area (Å²) in [6, 6.07) is 0.